The molecule has 22 heavy (non-hydrogen) atoms. The maximum absolute atomic E-state index is 11.8. The topological polar surface area (TPSA) is 76.7 Å². The molecule has 2 aromatic rings. The number of amides is 2. The maximum Gasteiger partial charge on any atom is 0.262 e. The monoisotopic (exact) mass is 298 g/mol. The van der Waals surface area contributed by atoms with Crippen LogP contribution in [0.4, 0.5) is 11.4 Å². The number of rotatable bonds is 4. The molecule has 0 saturated heterocycles. The first-order chi connectivity index (χ1) is 10.7. The van der Waals surface area contributed by atoms with Crippen LogP contribution >= 0.6 is 0 Å². The smallest absolute Gasteiger partial charge is 0.262 e. The van der Waals surface area contributed by atoms with Crippen LogP contribution < -0.4 is 20.1 Å². The Balaban J connectivity index is 1.58. The fraction of sp³-hybridized carbons (Fsp3) is 0.125. The largest absolute Gasteiger partial charge is 0.484 e. The van der Waals surface area contributed by atoms with E-state index in [0.717, 1.165) is 0 Å². The van der Waals surface area contributed by atoms with Crippen molar-refractivity contribution < 1.29 is 19.1 Å². The van der Waals surface area contributed by atoms with Crippen molar-refractivity contribution >= 4 is 23.2 Å². The first kappa shape index (κ1) is 13.9. The molecule has 0 aliphatic carbocycles. The summed E-state index contributed by atoms with van der Waals surface area (Å²) in [6.45, 7) is -0.116. The molecule has 0 unspecified atom stereocenters. The van der Waals surface area contributed by atoms with Gasteiger partial charge in [-0.3, -0.25) is 9.59 Å². The van der Waals surface area contributed by atoms with Crippen LogP contribution in [0.1, 0.15) is 0 Å². The number of nitrogens with one attached hydrogen (secondary N) is 2. The summed E-state index contributed by atoms with van der Waals surface area (Å²) >= 11 is 0. The van der Waals surface area contributed by atoms with E-state index in [1.54, 1.807) is 30.3 Å². The third kappa shape index (κ3) is 3.35. The van der Waals surface area contributed by atoms with Gasteiger partial charge in [0.2, 0.25) is 0 Å². The Morgan fingerprint density at radius 3 is 2.86 bits per heavy atom. The molecular weight excluding hydrogens is 284 g/mol. The lowest BCUT2D eigenvalue weighted by Gasteiger charge is -2.18. The van der Waals surface area contributed by atoms with E-state index in [1.165, 1.54) is 0 Å². The molecule has 6 nitrogen and oxygen atoms in total. The fourth-order valence-electron chi connectivity index (χ4n) is 2.02. The molecule has 3 rings (SSSR count). The summed E-state index contributed by atoms with van der Waals surface area (Å²) in [5.41, 5.74) is 1.25. The van der Waals surface area contributed by atoms with E-state index in [1.807, 2.05) is 18.2 Å². The van der Waals surface area contributed by atoms with Gasteiger partial charge in [0.05, 0.1) is 5.69 Å². The van der Waals surface area contributed by atoms with E-state index in [4.69, 9.17) is 9.47 Å². The van der Waals surface area contributed by atoms with Gasteiger partial charge in [-0.15, -0.1) is 0 Å². The van der Waals surface area contributed by atoms with Crippen LogP contribution in [0.25, 0.3) is 0 Å². The highest BCUT2D eigenvalue weighted by atomic mass is 16.5. The van der Waals surface area contributed by atoms with Gasteiger partial charge in [0, 0.05) is 11.8 Å². The average molecular weight is 298 g/mol. The van der Waals surface area contributed by atoms with Crippen LogP contribution in [-0.2, 0) is 9.59 Å². The van der Waals surface area contributed by atoms with Gasteiger partial charge >= 0.3 is 0 Å². The highest BCUT2D eigenvalue weighted by Crippen LogP contribution is 2.31. The van der Waals surface area contributed by atoms with E-state index in [0.29, 0.717) is 22.9 Å². The van der Waals surface area contributed by atoms with Crippen LogP contribution in [0.5, 0.6) is 11.5 Å². The average Bonchev–Trinajstić information content (AvgIpc) is 2.53. The van der Waals surface area contributed by atoms with Crippen molar-refractivity contribution in [2.45, 2.75) is 0 Å². The second-order valence-electron chi connectivity index (χ2n) is 4.70. The molecule has 0 aromatic heterocycles. The minimum atomic E-state index is -0.260. The number of benzene rings is 2. The number of carbonyl (C=O) groups is 2. The molecule has 2 aromatic carbocycles. The lowest BCUT2D eigenvalue weighted by molar-refractivity contribution is -0.119. The predicted octanol–water partition coefficient (Wildman–Crippen LogP) is 2.03. The number of fused-ring (bicyclic) bond motifs is 1. The molecule has 0 atom stereocenters. The summed E-state index contributed by atoms with van der Waals surface area (Å²) in [6, 6.07) is 14.1. The number of hydrogen-bond acceptors (Lipinski definition) is 4. The lowest BCUT2D eigenvalue weighted by atomic mass is 10.2. The molecule has 1 aliphatic rings. The van der Waals surface area contributed by atoms with Gasteiger partial charge in [-0.05, 0) is 24.3 Å². The second kappa shape index (κ2) is 6.17. The van der Waals surface area contributed by atoms with E-state index < -0.39 is 0 Å². The molecule has 0 saturated carbocycles. The predicted molar refractivity (Wildman–Crippen MR) is 81.1 cm³/mol. The Bertz CT molecular complexity index is 701. The summed E-state index contributed by atoms with van der Waals surface area (Å²) in [4.78, 5) is 23.1. The van der Waals surface area contributed by atoms with Crippen molar-refractivity contribution in [2.75, 3.05) is 23.8 Å². The minimum absolute atomic E-state index is 0.00663. The Kier molecular flexibility index (Phi) is 3.91. The normalized spacial score (nSPS) is 12.6. The maximum atomic E-state index is 11.8. The molecule has 0 radical (unpaired) electrons. The van der Waals surface area contributed by atoms with Crippen molar-refractivity contribution in [3.05, 3.63) is 48.5 Å². The molecule has 112 valence electrons. The van der Waals surface area contributed by atoms with Crippen molar-refractivity contribution in [1.82, 2.24) is 0 Å². The van der Waals surface area contributed by atoms with Gasteiger partial charge in [-0.25, -0.2) is 0 Å². The number of hydrogen-bond donors (Lipinski definition) is 2. The number of para-hydroxylation sites is 1. The van der Waals surface area contributed by atoms with Crippen LogP contribution in [0.15, 0.2) is 48.5 Å². The molecule has 1 heterocycles. The Morgan fingerprint density at radius 1 is 1.23 bits per heavy atom. The van der Waals surface area contributed by atoms with Crippen molar-refractivity contribution in [1.29, 1.82) is 0 Å². The van der Waals surface area contributed by atoms with Crippen molar-refractivity contribution in [3.8, 4) is 11.5 Å². The molecule has 0 bridgehead atoms. The van der Waals surface area contributed by atoms with Crippen molar-refractivity contribution in [3.63, 3.8) is 0 Å². The van der Waals surface area contributed by atoms with Gasteiger partial charge in [0.15, 0.2) is 13.2 Å². The Hall–Kier alpha value is -3.02. The zero-order valence-electron chi connectivity index (χ0n) is 11.7. The number of anilines is 2. The molecule has 6 heteroatoms. The van der Waals surface area contributed by atoms with Crippen LogP contribution in [0.2, 0.25) is 0 Å². The van der Waals surface area contributed by atoms with Gasteiger partial charge in [0.25, 0.3) is 11.8 Å². The van der Waals surface area contributed by atoms with Gasteiger partial charge < -0.3 is 20.1 Å². The zero-order valence-corrected chi connectivity index (χ0v) is 11.7. The quantitative estimate of drug-likeness (QED) is 0.905. The van der Waals surface area contributed by atoms with E-state index in [-0.39, 0.29) is 25.0 Å². The molecule has 0 spiro atoms. The van der Waals surface area contributed by atoms with E-state index >= 15 is 0 Å². The molecule has 2 N–H and O–H groups in total. The van der Waals surface area contributed by atoms with Gasteiger partial charge in [-0.1, -0.05) is 18.2 Å². The fourth-order valence-corrected chi connectivity index (χ4v) is 2.02. The third-order valence-electron chi connectivity index (χ3n) is 3.01. The summed E-state index contributed by atoms with van der Waals surface area (Å²) in [5, 5.41) is 5.41. The standard InChI is InChI=1S/C16H14N2O4/c19-15(17-11-4-2-1-3-5-11)9-21-12-6-7-14-13(8-12)18-16(20)10-22-14/h1-8H,9-10H2,(H,17,19)(H,18,20). The van der Waals surface area contributed by atoms with Crippen molar-refractivity contribution in [2.24, 2.45) is 0 Å². The van der Waals surface area contributed by atoms with Gasteiger partial charge in [0.1, 0.15) is 11.5 Å². The summed E-state index contributed by atoms with van der Waals surface area (Å²) in [7, 11) is 0. The second-order valence-corrected chi connectivity index (χ2v) is 4.70. The first-order valence-corrected chi connectivity index (χ1v) is 6.75. The summed E-state index contributed by atoms with van der Waals surface area (Å²) in [5.74, 6) is 0.587. The van der Waals surface area contributed by atoms with Crippen LogP contribution in [-0.4, -0.2) is 25.0 Å². The first-order valence-electron chi connectivity index (χ1n) is 6.75. The molecule has 2 amide bonds. The number of carbonyl (C=O) groups excluding carboxylic acids is 2. The number of ether oxygens (including phenoxy) is 2. The lowest BCUT2D eigenvalue weighted by Crippen LogP contribution is -2.25. The molecule has 0 fully saturated rings. The SMILES string of the molecule is O=C(COc1ccc2c(c1)NC(=O)CO2)Nc1ccccc1. The van der Waals surface area contributed by atoms with E-state index in [9.17, 15) is 9.59 Å². The minimum Gasteiger partial charge on any atom is -0.484 e. The summed E-state index contributed by atoms with van der Waals surface area (Å²) in [6.07, 6.45) is 0. The Labute approximate surface area is 127 Å². The highest BCUT2D eigenvalue weighted by Gasteiger charge is 2.16. The molecular formula is C16H14N2O4. The van der Waals surface area contributed by atoms with Crippen LogP contribution in [0.3, 0.4) is 0 Å². The van der Waals surface area contributed by atoms with Gasteiger partial charge in [-0.2, -0.15) is 0 Å². The van der Waals surface area contributed by atoms with Crippen LogP contribution in [0, 0.1) is 0 Å². The third-order valence-corrected chi connectivity index (χ3v) is 3.01. The highest BCUT2D eigenvalue weighted by molar-refractivity contribution is 5.95. The molecule has 1 aliphatic heterocycles. The van der Waals surface area contributed by atoms with E-state index in [2.05, 4.69) is 10.6 Å². The Morgan fingerprint density at radius 2 is 2.05 bits per heavy atom. The zero-order chi connectivity index (χ0) is 15.4. The summed E-state index contributed by atoms with van der Waals surface area (Å²) < 4.78 is 10.7.